The topological polar surface area (TPSA) is 101 Å². The van der Waals surface area contributed by atoms with E-state index in [9.17, 15) is 24.6 Å². The van der Waals surface area contributed by atoms with Crippen LogP contribution in [0, 0.1) is 23.2 Å². The molecule has 0 bridgehead atoms. The first-order chi connectivity index (χ1) is 8.97. The molecule has 2 saturated carbocycles. The van der Waals surface area contributed by atoms with E-state index in [1.165, 1.54) is 0 Å². The van der Waals surface area contributed by atoms with Crippen molar-refractivity contribution in [2.75, 3.05) is 7.11 Å². The number of hydrogen-bond donors (Lipinski definition) is 2. The molecule has 2 rings (SSSR count). The minimum atomic E-state index is -1.59. The summed E-state index contributed by atoms with van der Waals surface area (Å²) in [6.45, 7) is 0. The lowest BCUT2D eigenvalue weighted by atomic mass is 9.82. The van der Waals surface area contributed by atoms with Gasteiger partial charge in [-0.25, -0.2) is 0 Å². The van der Waals surface area contributed by atoms with E-state index in [4.69, 9.17) is 0 Å². The maximum atomic E-state index is 11.7. The molecule has 0 amide bonds. The highest BCUT2D eigenvalue weighted by atomic mass is 16.5. The number of ether oxygens (including phenoxy) is 1. The monoisotopic (exact) mass is 270 g/mol. The number of aliphatic carboxylic acids is 2. The Morgan fingerprint density at radius 1 is 1.11 bits per heavy atom. The van der Waals surface area contributed by atoms with Gasteiger partial charge < -0.3 is 14.9 Å². The minimum Gasteiger partial charge on any atom is -0.481 e. The minimum absolute atomic E-state index is 0.215. The van der Waals surface area contributed by atoms with Gasteiger partial charge in [-0.05, 0) is 24.7 Å². The molecule has 6 heteroatoms. The summed E-state index contributed by atoms with van der Waals surface area (Å²) in [6, 6.07) is 0. The van der Waals surface area contributed by atoms with E-state index >= 15 is 0 Å². The molecule has 19 heavy (non-hydrogen) atoms. The number of carbonyl (C=O) groups is 3. The lowest BCUT2D eigenvalue weighted by Gasteiger charge is -2.21. The van der Waals surface area contributed by atoms with Crippen molar-refractivity contribution in [3.8, 4) is 0 Å². The number of carboxylic acid groups (broad SMARTS) is 2. The zero-order valence-corrected chi connectivity index (χ0v) is 10.8. The normalized spacial score (nSPS) is 34.6. The third kappa shape index (κ3) is 1.89. The first-order valence-electron chi connectivity index (χ1n) is 6.52. The summed E-state index contributed by atoms with van der Waals surface area (Å²) >= 11 is 0. The lowest BCUT2D eigenvalue weighted by Crippen LogP contribution is -2.40. The Morgan fingerprint density at radius 2 is 1.63 bits per heavy atom. The van der Waals surface area contributed by atoms with Gasteiger partial charge in [-0.3, -0.25) is 14.4 Å². The summed E-state index contributed by atoms with van der Waals surface area (Å²) in [4.78, 5) is 34.7. The first-order valence-corrected chi connectivity index (χ1v) is 6.52. The van der Waals surface area contributed by atoms with E-state index in [1.54, 1.807) is 0 Å². The van der Waals surface area contributed by atoms with Crippen molar-refractivity contribution >= 4 is 17.9 Å². The average Bonchev–Trinajstić information content (AvgIpc) is 3.02. The number of esters is 1. The average molecular weight is 270 g/mol. The second kappa shape index (κ2) is 4.83. The summed E-state index contributed by atoms with van der Waals surface area (Å²) in [5.74, 6) is -5.56. The van der Waals surface area contributed by atoms with Crippen molar-refractivity contribution in [1.82, 2.24) is 0 Å². The standard InChI is InChI=1S/C13H18O6/c1-19-11(16)9(10(14)15)13(12(17)18)7-5-3-2-4-6-8(7)13/h7-9H,2-6H2,1H3,(H,14,15)(H,17,18). The van der Waals surface area contributed by atoms with Crippen LogP contribution in [0.25, 0.3) is 0 Å². The molecule has 2 N–H and O–H groups in total. The lowest BCUT2D eigenvalue weighted by molar-refractivity contribution is -0.169. The molecule has 2 fully saturated rings. The number of methoxy groups -OCH3 is 1. The van der Waals surface area contributed by atoms with Gasteiger partial charge in [0, 0.05) is 0 Å². The highest BCUT2D eigenvalue weighted by Gasteiger charge is 2.76. The van der Waals surface area contributed by atoms with E-state index in [0.717, 1.165) is 26.4 Å². The van der Waals surface area contributed by atoms with Crippen molar-refractivity contribution in [2.45, 2.75) is 32.1 Å². The third-order valence-electron chi connectivity index (χ3n) is 4.67. The zero-order valence-electron chi connectivity index (χ0n) is 10.8. The Hall–Kier alpha value is -1.59. The molecule has 106 valence electrons. The third-order valence-corrected chi connectivity index (χ3v) is 4.67. The van der Waals surface area contributed by atoms with Crippen LogP contribution in [0.15, 0.2) is 0 Å². The molecule has 0 heterocycles. The van der Waals surface area contributed by atoms with Gasteiger partial charge in [0.1, 0.15) is 0 Å². The van der Waals surface area contributed by atoms with E-state index in [2.05, 4.69) is 4.74 Å². The van der Waals surface area contributed by atoms with Gasteiger partial charge in [-0.2, -0.15) is 0 Å². The Bertz CT molecular complexity index is 403. The SMILES string of the molecule is COC(=O)C(C(=O)O)C1(C(=O)O)C2CCCCCC21. The molecule has 0 aliphatic heterocycles. The van der Waals surface area contributed by atoms with Crippen LogP contribution in [-0.4, -0.2) is 35.2 Å². The number of carboxylic acids is 2. The van der Waals surface area contributed by atoms with E-state index < -0.39 is 29.2 Å². The van der Waals surface area contributed by atoms with E-state index in [0.29, 0.717) is 12.8 Å². The van der Waals surface area contributed by atoms with Gasteiger partial charge >= 0.3 is 17.9 Å². The van der Waals surface area contributed by atoms with Gasteiger partial charge in [0.05, 0.1) is 12.5 Å². The molecule has 0 saturated heterocycles. The summed E-state index contributed by atoms with van der Waals surface area (Å²) in [6.07, 6.45) is 4.18. The molecule has 0 spiro atoms. The van der Waals surface area contributed by atoms with Gasteiger partial charge in [0.15, 0.2) is 5.92 Å². The fourth-order valence-electron chi connectivity index (χ4n) is 3.84. The largest absolute Gasteiger partial charge is 0.481 e. The van der Waals surface area contributed by atoms with Crippen LogP contribution in [0.2, 0.25) is 0 Å². The molecule has 6 nitrogen and oxygen atoms in total. The van der Waals surface area contributed by atoms with Gasteiger partial charge in [-0.1, -0.05) is 19.3 Å². The van der Waals surface area contributed by atoms with Gasteiger partial charge in [0.2, 0.25) is 0 Å². The van der Waals surface area contributed by atoms with Crippen molar-refractivity contribution in [1.29, 1.82) is 0 Å². The fraction of sp³-hybridized carbons (Fsp3) is 0.769. The van der Waals surface area contributed by atoms with Crippen LogP contribution in [-0.2, 0) is 19.1 Å². The van der Waals surface area contributed by atoms with Crippen LogP contribution in [0.1, 0.15) is 32.1 Å². The molecule has 0 aromatic heterocycles. The smallest absolute Gasteiger partial charge is 0.321 e. The molecule has 3 atom stereocenters. The maximum absolute atomic E-state index is 11.7. The van der Waals surface area contributed by atoms with Gasteiger partial charge in [-0.15, -0.1) is 0 Å². The van der Waals surface area contributed by atoms with Crippen molar-refractivity contribution in [2.24, 2.45) is 23.2 Å². The maximum Gasteiger partial charge on any atom is 0.321 e. The highest BCUT2D eigenvalue weighted by molar-refractivity contribution is 6.01. The quantitative estimate of drug-likeness (QED) is 0.587. The van der Waals surface area contributed by atoms with E-state index in [1.807, 2.05) is 0 Å². The number of fused-ring (bicyclic) bond motifs is 1. The van der Waals surface area contributed by atoms with Gasteiger partial charge in [0.25, 0.3) is 0 Å². The van der Waals surface area contributed by atoms with Crippen LogP contribution < -0.4 is 0 Å². The summed E-state index contributed by atoms with van der Waals surface area (Å²) < 4.78 is 4.50. The van der Waals surface area contributed by atoms with Crippen LogP contribution in [0.4, 0.5) is 0 Å². The van der Waals surface area contributed by atoms with E-state index in [-0.39, 0.29) is 11.8 Å². The Kier molecular flexibility index (Phi) is 3.52. The molecule has 0 radical (unpaired) electrons. The second-order valence-corrected chi connectivity index (χ2v) is 5.38. The molecule has 0 aromatic carbocycles. The molecule has 3 unspecified atom stereocenters. The number of carbonyl (C=O) groups excluding carboxylic acids is 1. The Morgan fingerprint density at radius 3 is 2.00 bits per heavy atom. The molecule has 2 aliphatic carbocycles. The highest BCUT2D eigenvalue weighted by Crippen LogP contribution is 2.68. The molecular weight excluding hydrogens is 252 g/mol. The zero-order chi connectivity index (χ0) is 14.2. The summed E-state index contributed by atoms with van der Waals surface area (Å²) in [7, 11) is 1.09. The Labute approximate surface area is 110 Å². The van der Waals surface area contributed by atoms with Crippen molar-refractivity contribution in [3.63, 3.8) is 0 Å². The predicted octanol–water partition coefficient (Wildman–Crippen LogP) is 1.14. The van der Waals surface area contributed by atoms with Crippen molar-refractivity contribution in [3.05, 3.63) is 0 Å². The van der Waals surface area contributed by atoms with Crippen molar-refractivity contribution < 1.29 is 29.3 Å². The summed E-state index contributed by atoms with van der Waals surface area (Å²) in [5.41, 5.74) is -1.46. The molecule has 2 aliphatic rings. The van der Waals surface area contributed by atoms with Crippen LogP contribution in [0.5, 0.6) is 0 Å². The first kappa shape index (κ1) is 13.8. The Balaban J connectivity index is 2.38. The molecular formula is C13H18O6. The number of rotatable bonds is 4. The van der Waals surface area contributed by atoms with Crippen LogP contribution >= 0.6 is 0 Å². The summed E-state index contributed by atoms with van der Waals surface area (Å²) in [5, 5.41) is 18.8. The number of hydrogen-bond acceptors (Lipinski definition) is 4. The predicted molar refractivity (Wildman–Crippen MR) is 63.3 cm³/mol. The fourth-order valence-corrected chi connectivity index (χ4v) is 3.84. The second-order valence-electron chi connectivity index (χ2n) is 5.38. The van der Waals surface area contributed by atoms with Crippen LogP contribution in [0.3, 0.4) is 0 Å². The molecule has 0 aromatic rings.